The van der Waals surface area contributed by atoms with Gasteiger partial charge in [0.15, 0.2) is 20.4 Å². The maximum Gasteiger partial charge on any atom is 0.559 e. The number of ether oxygens (including phenoxy) is 4. The highest BCUT2D eigenvalue weighted by atomic mass is 31.1. The Morgan fingerprint density at radius 2 is 0.886 bits per heavy atom. The molecule has 51 heteroatoms. The van der Waals surface area contributed by atoms with Crippen LogP contribution in [0, 0.1) is 0 Å². The molecule has 5 unspecified atom stereocenters. The van der Waals surface area contributed by atoms with Crippen molar-refractivity contribution in [2.24, 2.45) is 0 Å². The number of halogens is 35. The second-order valence-electron chi connectivity index (χ2n) is 12.9. The predicted octanol–water partition coefficient (Wildman–Crippen LogP) is 14.3. The summed E-state index contributed by atoms with van der Waals surface area (Å²) in [5, 5.41) is 28.0. The Kier molecular flexibility index (Phi) is 37.6. The van der Waals surface area contributed by atoms with Crippen LogP contribution in [-0.2, 0) is 53.0 Å². The third-order valence-corrected chi connectivity index (χ3v) is 7.65. The molecule has 0 heterocycles. The summed E-state index contributed by atoms with van der Waals surface area (Å²) in [4.78, 5) is 17.0. The van der Waals surface area contributed by atoms with Gasteiger partial charge in [0, 0.05) is 22.4 Å². The summed E-state index contributed by atoms with van der Waals surface area (Å²) in [6, 6.07) is 0. The van der Waals surface area contributed by atoms with Crippen LogP contribution in [-0.4, -0.2) is 128 Å². The van der Waals surface area contributed by atoms with E-state index in [0.717, 1.165) is 32.1 Å². The van der Waals surface area contributed by atoms with Crippen LogP contribution in [0.15, 0.2) is 0 Å². The fourth-order valence-electron chi connectivity index (χ4n) is 3.53. The topological polar surface area (TPSA) is 162 Å². The van der Waals surface area contributed by atoms with Crippen LogP contribution in [0.5, 0.6) is 0 Å². The normalized spacial score (nSPS) is 15.9. The molecule has 0 saturated heterocycles. The van der Waals surface area contributed by atoms with E-state index in [2.05, 4.69) is 39.1 Å². The number of hydrogen-bond acceptors (Lipinski definition) is 13. The van der Waals surface area contributed by atoms with E-state index < -0.39 is 127 Å². The summed E-state index contributed by atoms with van der Waals surface area (Å²) in [7, 11) is 0.992. The first-order valence-electron chi connectivity index (χ1n) is 18.3. The van der Waals surface area contributed by atoms with Crippen molar-refractivity contribution < 1.29 is 217 Å². The van der Waals surface area contributed by atoms with Gasteiger partial charge in [0.25, 0.3) is 0 Å². The van der Waals surface area contributed by atoms with Crippen molar-refractivity contribution in [1.82, 2.24) is 5.32 Å². The van der Waals surface area contributed by atoms with Gasteiger partial charge < -0.3 is 15.2 Å². The summed E-state index contributed by atoms with van der Waals surface area (Å²) in [6.07, 6.45) is -63.2. The van der Waals surface area contributed by atoms with E-state index in [9.17, 15) is 164 Å². The number of aliphatic hydroxyl groups is 1. The molecule has 0 aliphatic heterocycles. The molecule has 0 aromatic carbocycles. The predicted molar refractivity (Wildman–Crippen MR) is 180 cm³/mol. The summed E-state index contributed by atoms with van der Waals surface area (Å²) >= 11 is 0. The average Bonchev–Trinajstić information content (AvgIpc) is 3.23. The van der Waals surface area contributed by atoms with Crippen molar-refractivity contribution in [3.05, 3.63) is 0 Å². The van der Waals surface area contributed by atoms with Crippen molar-refractivity contribution in [2.45, 2.75) is 143 Å². The zero-order valence-corrected chi connectivity index (χ0v) is 39.0. The van der Waals surface area contributed by atoms with Gasteiger partial charge in [-0.15, -0.1) is 22.5 Å². The molecule has 0 aliphatic carbocycles. The molecule has 0 radical (unpaired) electrons. The van der Waals surface area contributed by atoms with Crippen molar-refractivity contribution in [3.8, 4) is 0 Å². The van der Waals surface area contributed by atoms with Gasteiger partial charge in [0.1, 0.15) is 15.2 Å². The third-order valence-electron chi connectivity index (χ3n) is 6.76. The zero-order valence-electron chi connectivity index (χ0n) is 36.9. The smallest absolute Gasteiger partial charge is 0.358 e. The van der Waals surface area contributed by atoms with Crippen molar-refractivity contribution in [2.75, 3.05) is 26.9 Å². The molecule has 0 aromatic rings. The Hall–Kier alpha value is -2.60. The Morgan fingerprint density at radius 3 is 1.20 bits per heavy atom. The molecule has 0 aliphatic rings. The first kappa shape index (κ1) is 85.2. The highest BCUT2D eigenvalue weighted by Gasteiger charge is 2.79. The molecule has 5 atom stereocenters. The highest BCUT2D eigenvalue weighted by Crippen LogP contribution is 2.52. The standard InChI is InChI=1S/C13H26F3NO8P2.C6H2F12O2.C4H2F8O2.C4H2F8O.CF4/c14-12(15,16)10-11(18)17-9-7-5-3-1-2-4-6-8-13(19,21-23-24-26)27-25-22-20;7-1-19-2(8,3(9,10)11)5(15,16)20-6(17,18)4(12,13)14;5-1-13-2(6,3(7,8)9)4(10,11)14-12;5-1-2(6,7)13-4(11,12)3(8,9)10;2-1(3,4)5/h19-20,27H,1-10,26H2,(H,17,18);1H2;1H2;1H2;. The lowest BCUT2D eigenvalue weighted by Gasteiger charge is -2.34. The lowest BCUT2D eigenvalue weighted by molar-refractivity contribution is -0.526. The quantitative estimate of drug-likeness (QED) is 0.0162. The number of hydrogen-bond donors (Lipinski definition) is 3. The monoisotopic (exact) mass is 1320 g/mol. The number of amides is 1. The molecular weight excluding hydrogens is 1290 g/mol. The van der Waals surface area contributed by atoms with E-state index in [-0.39, 0.29) is 13.0 Å². The molecule has 482 valence electrons. The Labute approximate surface area is 417 Å². The van der Waals surface area contributed by atoms with E-state index in [1.807, 2.05) is 4.74 Å². The Bertz CT molecular complexity index is 1610. The van der Waals surface area contributed by atoms with Gasteiger partial charge in [-0.25, -0.2) is 27.9 Å². The van der Waals surface area contributed by atoms with Gasteiger partial charge in [-0.3, -0.25) is 9.53 Å². The average molecular weight is 1320 g/mol. The molecule has 0 rings (SSSR count). The minimum atomic E-state index is -6.89. The van der Waals surface area contributed by atoms with Crippen LogP contribution in [0.2, 0.25) is 0 Å². The van der Waals surface area contributed by atoms with Gasteiger partial charge in [-0.2, -0.15) is 133 Å². The number of rotatable bonds is 29. The molecule has 0 bridgehead atoms. The summed E-state index contributed by atoms with van der Waals surface area (Å²) in [6.45, 7) is -7.98. The van der Waals surface area contributed by atoms with Gasteiger partial charge >= 0.3 is 79.6 Å². The summed E-state index contributed by atoms with van der Waals surface area (Å²) < 4.78 is 419. The van der Waals surface area contributed by atoms with Crippen LogP contribution < -0.4 is 5.32 Å². The van der Waals surface area contributed by atoms with Crippen LogP contribution in [0.4, 0.5) is 154 Å². The Balaban J connectivity index is -0.000000310. The van der Waals surface area contributed by atoms with Crippen LogP contribution in [0.1, 0.15) is 57.8 Å². The van der Waals surface area contributed by atoms with Gasteiger partial charge in [0.05, 0.1) is 0 Å². The van der Waals surface area contributed by atoms with Crippen LogP contribution in [0.25, 0.3) is 0 Å². The van der Waals surface area contributed by atoms with Gasteiger partial charge in [0.2, 0.25) is 11.4 Å². The number of alkyl halides is 34. The van der Waals surface area contributed by atoms with Crippen LogP contribution >= 0.6 is 18.3 Å². The summed E-state index contributed by atoms with van der Waals surface area (Å²) in [5.74, 6) is -13.4. The fourth-order valence-corrected chi connectivity index (χ4v) is 4.09. The van der Waals surface area contributed by atoms with Crippen molar-refractivity contribution >= 4 is 24.2 Å². The highest BCUT2D eigenvalue weighted by molar-refractivity contribution is 7.33. The first-order valence-corrected chi connectivity index (χ1v) is 19.7. The van der Waals surface area contributed by atoms with Crippen LogP contribution in [0.3, 0.4) is 0 Å². The lowest BCUT2D eigenvalue weighted by atomic mass is 10.1. The van der Waals surface area contributed by atoms with E-state index in [4.69, 9.17) is 5.26 Å². The van der Waals surface area contributed by atoms with E-state index >= 15 is 0 Å². The molecule has 0 spiro atoms. The number of carbonyl (C=O) groups excluding carboxylic acids is 1. The molecule has 1 amide bonds. The maximum atomic E-state index is 12.8. The third kappa shape index (κ3) is 35.9. The van der Waals surface area contributed by atoms with E-state index in [0.29, 0.717) is 12.8 Å². The molecule has 0 fully saturated rings. The number of carbonyl (C=O) groups is 1. The second-order valence-corrected chi connectivity index (χ2v) is 14.2. The molecule has 79 heavy (non-hydrogen) atoms. The minimum Gasteiger partial charge on any atom is -0.358 e. The largest absolute Gasteiger partial charge is 0.559 e. The van der Waals surface area contributed by atoms with E-state index in [1.54, 1.807) is 14.2 Å². The lowest BCUT2D eigenvalue weighted by Crippen LogP contribution is -2.61. The van der Waals surface area contributed by atoms with Gasteiger partial charge in [-0.05, 0) is 17.4 Å². The van der Waals surface area contributed by atoms with Gasteiger partial charge in [-0.1, -0.05) is 42.2 Å². The SMILES string of the molecule is FC(F)(F)F.FCC(F)(F)OC(F)(F)C(F)(F)F.FCOC(F)(C(F)(F)F)C(F)(F)OC(F)(F)C(F)(F)F.FCOC(F)(C(F)(F)F)C(F)(F)OF.O=C(CC(F)(F)F)NCCCCCCCCCC(O)(OOOP)POOO. The van der Waals surface area contributed by atoms with E-state index in [1.165, 1.54) is 4.94 Å². The van der Waals surface area contributed by atoms with Crippen molar-refractivity contribution in [3.63, 3.8) is 0 Å². The minimum absolute atomic E-state index is 0.147. The fraction of sp³-hybridized carbons (Fsp3) is 0.964. The molecule has 3 N–H and O–H groups in total. The molecule has 14 nitrogen and oxygen atoms in total. The maximum absolute atomic E-state index is 12.8. The summed E-state index contributed by atoms with van der Waals surface area (Å²) in [5.41, 5.74) is -1.83. The number of nitrogens with one attached hydrogen (secondary N) is 1. The molecule has 0 aromatic heterocycles. The molecular formula is C28H32F35NO13P2. The number of unbranched alkanes of at least 4 members (excludes halogenated alkanes) is 6. The Morgan fingerprint density at radius 1 is 0.519 bits per heavy atom. The zero-order chi connectivity index (χ0) is 64.3. The molecule has 0 saturated carbocycles. The van der Waals surface area contributed by atoms with Crippen molar-refractivity contribution in [1.29, 1.82) is 0 Å². The first-order chi connectivity index (χ1) is 34.9. The second kappa shape index (κ2) is 34.9.